The van der Waals surface area contributed by atoms with E-state index < -0.39 is 16.0 Å². The monoisotopic (exact) mass is 423 g/mol. The molecule has 0 bridgehead atoms. The molecule has 1 aliphatic rings. The van der Waals surface area contributed by atoms with Gasteiger partial charge in [0.2, 0.25) is 10.0 Å². The van der Waals surface area contributed by atoms with Crippen molar-refractivity contribution < 1.29 is 18.3 Å². The molecule has 2 rings (SSSR count). The molecule has 1 aromatic carbocycles. The van der Waals surface area contributed by atoms with Crippen molar-refractivity contribution in [2.75, 3.05) is 6.54 Å². The van der Waals surface area contributed by atoms with E-state index in [1.54, 1.807) is 0 Å². The number of rotatable bonds is 3. The summed E-state index contributed by atoms with van der Waals surface area (Å²) < 4.78 is 27.5. The molecule has 0 aromatic heterocycles. The van der Waals surface area contributed by atoms with E-state index in [-0.39, 0.29) is 16.5 Å². The fourth-order valence-electron chi connectivity index (χ4n) is 2.71. The van der Waals surface area contributed by atoms with E-state index in [9.17, 15) is 13.2 Å². The van der Waals surface area contributed by atoms with Gasteiger partial charge >= 0.3 is 5.97 Å². The fraction of sp³-hybridized carbons (Fsp3) is 0.500. The van der Waals surface area contributed by atoms with Crippen molar-refractivity contribution in [3.8, 4) is 0 Å². The zero-order valence-electron chi connectivity index (χ0n) is 11.9. The van der Waals surface area contributed by atoms with Gasteiger partial charge in [-0.15, -0.1) is 0 Å². The molecule has 0 saturated carbocycles. The highest BCUT2D eigenvalue weighted by atomic mass is 127. The Labute approximate surface area is 138 Å². The first-order chi connectivity index (χ1) is 9.73. The first-order valence-electron chi connectivity index (χ1n) is 6.78. The molecule has 21 heavy (non-hydrogen) atoms. The van der Waals surface area contributed by atoms with Gasteiger partial charge in [-0.2, -0.15) is 4.31 Å². The molecule has 2 atom stereocenters. The first kappa shape index (κ1) is 16.7. The molecule has 5 nitrogen and oxygen atoms in total. The Kier molecular flexibility index (Phi) is 4.94. The highest BCUT2D eigenvalue weighted by Crippen LogP contribution is 2.29. The van der Waals surface area contributed by atoms with E-state index in [0.29, 0.717) is 16.0 Å². The summed E-state index contributed by atoms with van der Waals surface area (Å²) >= 11 is 1.89. The van der Waals surface area contributed by atoms with E-state index >= 15 is 0 Å². The number of piperidine rings is 1. The largest absolute Gasteiger partial charge is 0.478 e. The summed E-state index contributed by atoms with van der Waals surface area (Å²) in [6.07, 6.45) is 1.66. The number of carboxylic acid groups (broad SMARTS) is 1. The maximum atomic E-state index is 12.7. The van der Waals surface area contributed by atoms with Crippen LogP contribution in [-0.4, -0.2) is 36.4 Å². The van der Waals surface area contributed by atoms with Gasteiger partial charge < -0.3 is 5.11 Å². The van der Waals surface area contributed by atoms with Crippen molar-refractivity contribution in [3.05, 3.63) is 27.3 Å². The number of aromatic carboxylic acids is 1. The molecule has 1 fully saturated rings. The minimum Gasteiger partial charge on any atom is -0.478 e. The normalized spacial score (nSPS) is 24.0. The Balaban J connectivity index is 2.40. The fourth-order valence-corrected chi connectivity index (χ4v) is 4.96. The molecular formula is C14H18INO4S. The molecule has 1 N–H and O–H groups in total. The van der Waals surface area contributed by atoms with Crippen molar-refractivity contribution in [1.82, 2.24) is 4.31 Å². The highest BCUT2D eigenvalue weighted by Gasteiger charge is 2.33. The van der Waals surface area contributed by atoms with Crippen LogP contribution in [0.4, 0.5) is 0 Å². The number of nitrogens with zero attached hydrogens (tertiary/aromatic N) is 1. The third-order valence-corrected chi connectivity index (χ3v) is 6.80. The third kappa shape index (κ3) is 3.40. The molecule has 1 saturated heterocycles. The van der Waals surface area contributed by atoms with Gasteiger partial charge in [-0.25, -0.2) is 13.2 Å². The van der Waals surface area contributed by atoms with Gasteiger partial charge in [0.1, 0.15) is 0 Å². The predicted octanol–water partition coefficient (Wildman–Crippen LogP) is 2.80. The lowest BCUT2D eigenvalue weighted by Gasteiger charge is -2.35. The van der Waals surface area contributed by atoms with Gasteiger partial charge in [0.15, 0.2) is 0 Å². The van der Waals surface area contributed by atoms with Crippen LogP contribution >= 0.6 is 22.6 Å². The summed E-state index contributed by atoms with van der Waals surface area (Å²) in [7, 11) is -3.64. The quantitative estimate of drug-likeness (QED) is 0.759. The third-order valence-electron chi connectivity index (χ3n) is 3.85. The molecule has 1 heterocycles. The molecule has 116 valence electrons. The van der Waals surface area contributed by atoms with E-state index in [1.165, 1.54) is 22.5 Å². The lowest BCUT2D eigenvalue weighted by Crippen LogP contribution is -2.44. The van der Waals surface area contributed by atoms with Gasteiger partial charge in [0.05, 0.1) is 10.5 Å². The molecule has 0 spiro atoms. The summed E-state index contributed by atoms with van der Waals surface area (Å²) in [6, 6.07) is 4.21. The minimum absolute atomic E-state index is 0.0229. The first-order valence-corrected chi connectivity index (χ1v) is 9.30. The summed E-state index contributed by atoms with van der Waals surface area (Å²) in [5.41, 5.74) is 0.0229. The summed E-state index contributed by atoms with van der Waals surface area (Å²) in [6.45, 7) is 4.50. The summed E-state index contributed by atoms with van der Waals surface area (Å²) in [4.78, 5) is 11.2. The molecule has 0 amide bonds. The number of hydrogen-bond acceptors (Lipinski definition) is 3. The maximum absolute atomic E-state index is 12.7. The van der Waals surface area contributed by atoms with Crippen LogP contribution < -0.4 is 0 Å². The maximum Gasteiger partial charge on any atom is 0.336 e. The Morgan fingerprint density at radius 1 is 1.38 bits per heavy atom. The second-order valence-electron chi connectivity index (χ2n) is 5.54. The molecule has 1 aromatic rings. The number of hydrogen-bond donors (Lipinski definition) is 1. The van der Waals surface area contributed by atoms with E-state index in [4.69, 9.17) is 5.11 Å². The zero-order chi connectivity index (χ0) is 15.8. The van der Waals surface area contributed by atoms with Crippen molar-refractivity contribution >= 4 is 38.6 Å². The van der Waals surface area contributed by atoms with Crippen molar-refractivity contribution in [1.29, 1.82) is 0 Å². The molecular weight excluding hydrogens is 405 g/mol. The number of carboxylic acids is 1. The topological polar surface area (TPSA) is 74.7 Å². The average Bonchev–Trinajstić information content (AvgIpc) is 2.38. The Hall–Kier alpha value is -0.670. The number of benzene rings is 1. The van der Waals surface area contributed by atoms with Gasteiger partial charge in [-0.05, 0) is 66.5 Å². The van der Waals surface area contributed by atoms with Crippen molar-refractivity contribution in [2.45, 2.75) is 37.6 Å². The summed E-state index contributed by atoms with van der Waals surface area (Å²) in [5, 5.41) is 9.14. The predicted molar refractivity (Wildman–Crippen MR) is 87.9 cm³/mol. The van der Waals surface area contributed by atoms with Crippen molar-refractivity contribution in [2.24, 2.45) is 5.92 Å². The van der Waals surface area contributed by atoms with Gasteiger partial charge in [-0.1, -0.05) is 6.92 Å². The smallest absolute Gasteiger partial charge is 0.336 e. The molecule has 1 aliphatic heterocycles. The van der Waals surface area contributed by atoms with Gasteiger partial charge in [0, 0.05) is 16.2 Å². The lowest BCUT2D eigenvalue weighted by molar-refractivity contribution is 0.0695. The average molecular weight is 423 g/mol. The van der Waals surface area contributed by atoms with Crippen LogP contribution in [-0.2, 0) is 10.0 Å². The lowest BCUT2D eigenvalue weighted by atomic mass is 9.95. The molecule has 7 heteroatoms. The second kappa shape index (κ2) is 6.21. The van der Waals surface area contributed by atoms with E-state index in [1.807, 2.05) is 29.5 Å². The molecule has 0 radical (unpaired) electrons. The van der Waals surface area contributed by atoms with Crippen LogP contribution in [0.1, 0.15) is 37.0 Å². The van der Waals surface area contributed by atoms with E-state index in [0.717, 1.165) is 12.8 Å². The number of halogens is 1. The second-order valence-corrected chi connectivity index (χ2v) is 8.59. The van der Waals surface area contributed by atoms with Crippen LogP contribution in [0.2, 0.25) is 0 Å². The van der Waals surface area contributed by atoms with E-state index in [2.05, 4.69) is 6.92 Å². The van der Waals surface area contributed by atoms with Crippen LogP contribution in [0, 0.1) is 9.49 Å². The van der Waals surface area contributed by atoms with Crippen LogP contribution in [0.15, 0.2) is 23.1 Å². The Bertz CT molecular complexity index is 659. The minimum atomic E-state index is -3.64. The standard InChI is InChI=1S/C14H18INO4S/c1-9-5-6-16(10(2)7-9)21(19,20)11-3-4-13(15)12(8-11)14(17)18/h3-4,8-10H,5-7H2,1-2H3,(H,17,18). The SMILES string of the molecule is CC1CCN(S(=O)(=O)c2ccc(I)c(C(=O)O)c2)C(C)C1. The van der Waals surface area contributed by atoms with Crippen molar-refractivity contribution in [3.63, 3.8) is 0 Å². The van der Waals surface area contributed by atoms with Crippen LogP contribution in [0.5, 0.6) is 0 Å². The van der Waals surface area contributed by atoms with Crippen LogP contribution in [0.3, 0.4) is 0 Å². The highest BCUT2D eigenvalue weighted by molar-refractivity contribution is 14.1. The zero-order valence-corrected chi connectivity index (χ0v) is 14.9. The Morgan fingerprint density at radius 2 is 2.05 bits per heavy atom. The van der Waals surface area contributed by atoms with Gasteiger partial charge in [0.25, 0.3) is 0 Å². The molecule has 0 aliphatic carbocycles. The van der Waals surface area contributed by atoms with Gasteiger partial charge in [-0.3, -0.25) is 0 Å². The van der Waals surface area contributed by atoms with Crippen LogP contribution in [0.25, 0.3) is 0 Å². The summed E-state index contributed by atoms with van der Waals surface area (Å²) in [5.74, 6) is -0.602. The Morgan fingerprint density at radius 3 is 2.62 bits per heavy atom. The number of sulfonamides is 1. The molecule has 2 unspecified atom stereocenters. The number of carbonyl (C=O) groups is 1.